The van der Waals surface area contributed by atoms with Gasteiger partial charge >= 0.3 is 5.97 Å². The zero-order valence-electron chi connectivity index (χ0n) is 24.3. The first-order valence-corrected chi connectivity index (χ1v) is 14.7. The molecule has 0 aliphatic heterocycles. The van der Waals surface area contributed by atoms with E-state index in [1.165, 1.54) is 31.8 Å². The Labute approximate surface area is 219 Å². The molecule has 5 rings (SSSR count). The van der Waals surface area contributed by atoms with Crippen molar-refractivity contribution in [1.29, 1.82) is 0 Å². The van der Waals surface area contributed by atoms with Crippen molar-refractivity contribution in [2.75, 3.05) is 0 Å². The van der Waals surface area contributed by atoms with Crippen LogP contribution in [0.15, 0.2) is 11.1 Å². The van der Waals surface area contributed by atoms with Crippen molar-refractivity contribution < 1.29 is 19.4 Å². The summed E-state index contributed by atoms with van der Waals surface area (Å²) in [5.41, 5.74) is 1.67. The number of Topliss-reactive ketones (excluding diaryl/α,β-unsaturated/α-hetero) is 1. The van der Waals surface area contributed by atoms with E-state index in [0.29, 0.717) is 41.8 Å². The number of esters is 1. The van der Waals surface area contributed by atoms with Crippen LogP contribution in [0.25, 0.3) is 0 Å². The molecule has 0 saturated heterocycles. The zero-order valence-corrected chi connectivity index (χ0v) is 24.3. The fourth-order valence-corrected chi connectivity index (χ4v) is 11.3. The Hall–Kier alpha value is -1.16. The maximum Gasteiger partial charge on any atom is 0.302 e. The summed E-state index contributed by atoms with van der Waals surface area (Å²) in [6, 6.07) is 0. The van der Waals surface area contributed by atoms with E-state index >= 15 is 0 Å². The van der Waals surface area contributed by atoms with Crippen LogP contribution in [0.5, 0.6) is 0 Å². The van der Waals surface area contributed by atoms with E-state index < -0.39 is 11.5 Å². The Morgan fingerprint density at radius 1 is 0.944 bits per heavy atom. The van der Waals surface area contributed by atoms with Crippen molar-refractivity contribution in [3.05, 3.63) is 11.1 Å². The lowest BCUT2D eigenvalue weighted by Crippen LogP contribution is -2.65. The largest absolute Gasteiger partial charge is 0.462 e. The maximum atomic E-state index is 14.4. The molecule has 202 valence electrons. The predicted molar refractivity (Wildman–Crippen MR) is 142 cm³/mol. The topological polar surface area (TPSA) is 63.6 Å². The molecule has 10 unspecified atom stereocenters. The van der Waals surface area contributed by atoms with Crippen LogP contribution in [0.4, 0.5) is 0 Å². The van der Waals surface area contributed by atoms with Crippen molar-refractivity contribution in [2.24, 2.45) is 50.7 Å². The molecule has 0 aromatic rings. The summed E-state index contributed by atoms with van der Waals surface area (Å²) in [5, 5.41) is 11.9. The van der Waals surface area contributed by atoms with E-state index in [2.05, 4.69) is 55.4 Å². The lowest BCUT2D eigenvalue weighted by molar-refractivity contribution is -0.188. The number of hydrogen-bond donors (Lipinski definition) is 1. The van der Waals surface area contributed by atoms with Gasteiger partial charge in [-0.05, 0) is 78.9 Å². The van der Waals surface area contributed by atoms with E-state index in [-0.39, 0.29) is 34.2 Å². The molecule has 0 amide bonds. The van der Waals surface area contributed by atoms with Gasteiger partial charge in [0.2, 0.25) is 0 Å². The summed E-state index contributed by atoms with van der Waals surface area (Å²) >= 11 is 0. The molecule has 36 heavy (non-hydrogen) atoms. The Morgan fingerprint density at radius 3 is 2.25 bits per heavy atom. The number of ether oxygens (including phenoxy) is 1. The van der Waals surface area contributed by atoms with Gasteiger partial charge < -0.3 is 9.84 Å². The van der Waals surface area contributed by atoms with Crippen LogP contribution in [0.3, 0.4) is 0 Å². The van der Waals surface area contributed by atoms with Crippen molar-refractivity contribution in [1.82, 2.24) is 0 Å². The second-order valence-corrected chi connectivity index (χ2v) is 15.3. The number of aliphatic hydroxyl groups is 1. The molecule has 4 nitrogen and oxygen atoms in total. The molecule has 0 bridgehead atoms. The lowest BCUT2D eigenvalue weighted by atomic mass is 9.34. The third kappa shape index (κ3) is 3.21. The van der Waals surface area contributed by atoms with Gasteiger partial charge in [0.15, 0.2) is 5.78 Å². The fourth-order valence-electron chi connectivity index (χ4n) is 11.3. The van der Waals surface area contributed by atoms with Crippen LogP contribution < -0.4 is 0 Å². The SMILES string of the molecule is CC(=O)OC1CCC2(C)C3=C(CC(O)C2C1(C)C)C1(C)CCC2(C)CCC(C)C(C)C2C1(C)CC3=O. The van der Waals surface area contributed by atoms with Gasteiger partial charge in [0.1, 0.15) is 6.10 Å². The maximum absolute atomic E-state index is 14.4. The van der Waals surface area contributed by atoms with Gasteiger partial charge in [-0.3, -0.25) is 9.59 Å². The van der Waals surface area contributed by atoms with Gasteiger partial charge in [0.05, 0.1) is 6.10 Å². The second-order valence-electron chi connectivity index (χ2n) is 15.3. The normalized spacial score (nSPS) is 52.0. The molecule has 4 heteroatoms. The molecule has 0 aromatic heterocycles. The Kier molecular flexibility index (Phi) is 5.83. The molecule has 0 radical (unpaired) electrons. The summed E-state index contributed by atoms with van der Waals surface area (Å²) < 4.78 is 5.77. The van der Waals surface area contributed by atoms with Gasteiger partial charge in [0.25, 0.3) is 0 Å². The van der Waals surface area contributed by atoms with Gasteiger partial charge in [-0.25, -0.2) is 0 Å². The fraction of sp³-hybridized carbons (Fsp3) is 0.875. The summed E-state index contributed by atoms with van der Waals surface area (Å²) in [6.07, 6.45) is 6.83. The van der Waals surface area contributed by atoms with Crippen LogP contribution in [-0.2, 0) is 14.3 Å². The molecule has 0 heterocycles. The number of hydrogen-bond acceptors (Lipinski definition) is 4. The minimum atomic E-state index is -0.537. The van der Waals surface area contributed by atoms with Crippen LogP contribution in [0.1, 0.15) is 114 Å². The van der Waals surface area contributed by atoms with E-state index in [1.54, 1.807) is 0 Å². The molecule has 0 aromatic carbocycles. The van der Waals surface area contributed by atoms with Crippen LogP contribution in [-0.4, -0.2) is 29.1 Å². The second kappa shape index (κ2) is 7.93. The summed E-state index contributed by atoms with van der Waals surface area (Å²) in [7, 11) is 0. The molecular weight excluding hydrogens is 448 g/mol. The van der Waals surface area contributed by atoms with Crippen molar-refractivity contribution in [3.8, 4) is 0 Å². The van der Waals surface area contributed by atoms with Crippen molar-refractivity contribution in [2.45, 2.75) is 126 Å². The first-order valence-electron chi connectivity index (χ1n) is 14.7. The Balaban J connectivity index is 1.64. The summed E-state index contributed by atoms with van der Waals surface area (Å²) in [5.74, 6) is 1.76. The third-order valence-corrected chi connectivity index (χ3v) is 13.2. The highest BCUT2D eigenvalue weighted by molar-refractivity contribution is 6.00. The van der Waals surface area contributed by atoms with Gasteiger partial charge in [-0.15, -0.1) is 0 Å². The molecule has 3 saturated carbocycles. The number of carbonyl (C=O) groups excluding carboxylic acids is 2. The number of carbonyl (C=O) groups is 2. The molecule has 3 fully saturated rings. The molecule has 10 atom stereocenters. The van der Waals surface area contributed by atoms with Gasteiger partial charge in [0, 0.05) is 35.7 Å². The molecule has 5 aliphatic rings. The third-order valence-electron chi connectivity index (χ3n) is 13.2. The first kappa shape index (κ1) is 26.4. The number of allylic oxidation sites excluding steroid dienone is 1. The standard InChI is InChI=1S/C32H50O4/c1-18-10-12-29(6)14-15-31(8)21-16-22(34)27-28(4,5)24(36-20(3)33)11-13-30(27,7)25(21)23(35)17-32(31,9)26(29)19(18)2/h18-19,22,24,26-27,34H,10-17H2,1-9H3. The smallest absolute Gasteiger partial charge is 0.302 e. The van der Waals surface area contributed by atoms with E-state index in [0.717, 1.165) is 24.8 Å². The van der Waals surface area contributed by atoms with E-state index in [9.17, 15) is 14.7 Å². The molecular formula is C32H50O4. The van der Waals surface area contributed by atoms with Gasteiger partial charge in [-0.2, -0.15) is 0 Å². The number of fused-ring (bicyclic) bond motifs is 6. The lowest BCUT2D eigenvalue weighted by Gasteiger charge is -2.70. The van der Waals surface area contributed by atoms with E-state index in [1.807, 2.05) is 0 Å². The average molecular weight is 499 g/mol. The minimum absolute atomic E-state index is 0.0718. The van der Waals surface area contributed by atoms with E-state index in [4.69, 9.17) is 4.74 Å². The van der Waals surface area contributed by atoms with Crippen molar-refractivity contribution in [3.63, 3.8) is 0 Å². The highest BCUT2D eigenvalue weighted by Crippen LogP contribution is 2.74. The van der Waals surface area contributed by atoms with Crippen LogP contribution in [0, 0.1) is 50.7 Å². The zero-order chi connectivity index (χ0) is 26.6. The monoisotopic (exact) mass is 498 g/mol. The average Bonchev–Trinajstić information content (AvgIpc) is 2.74. The van der Waals surface area contributed by atoms with Crippen LogP contribution >= 0.6 is 0 Å². The highest BCUT2D eigenvalue weighted by atomic mass is 16.5. The Bertz CT molecular complexity index is 1010. The summed E-state index contributed by atoms with van der Waals surface area (Å²) in [4.78, 5) is 26.3. The van der Waals surface area contributed by atoms with Crippen molar-refractivity contribution >= 4 is 11.8 Å². The number of ketones is 1. The first-order chi connectivity index (χ1) is 16.5. The summed E-state index contributed by atoms with van der Waals surface area (Å²) in [6.45, 7) is 20.2. The predicted octanol–water partition coefficient (Wildman–Crippen LogP) is 6.89. The minimum Gasteiger partial charge on any atom is -0.462 e. The van der Waals surface area contributed by atoms with Gasteiger partial charge in [-0.1, -0.05) is 61.0 Å². The van der Waals surface area contributed by atoms with Crippen LogP contribution in [0.2, 0.25) is 0 Å². The quantitative estimate of drug-likeness (QED) is 0.400. The molecule has 0 spiro atoms. The highest BCUT2D eigenvalue weighted by Gasteiger charge is 2.69. The number of rotatable bonds is 1. The molecule has 1 N–H and O–H groups in total. The number of aliphatic hydroxyl groups excluding tert-OH is 1. The molecule has 5 aliphatic carbocycles. The Morgan fingerprint density at radius 2 is 1.61 bits per heavy atom.